The zero-order valence-electron chi connectivity index (χ0n) is 15.3. The number of fused-ring (bicyclic) bond motifs is 2. The highest BCUT2D eigenvalue weighted by atomic mass is 15.1. The van der Waals surface area contributed by atoms with Gasteiger partial charge >= 0.3 is 0 Å². The van der Waals surface area contributed by atoms with Crippen molar-refractivity contribution in [1.29, 1.82) is 5.26 Å². The number of anilines is 1. The number of H-pyrrole nitrogens is 1. The van der Waals surface area contributed by atoms with Gasteiger partial charge in [-0.3, -0.25) is 0 Å². The first-order valence-electron chi connectivity index (χ1n) is 9.09. The number of hydrogen-bond acceptors (Lipinski definition) is 6. The van der Waals surface area contributed by atoms with Crippen LogP contribution in [-0.2, 0) is 6.54 Å². The normalized spacial score (nSPS) is 10.9. The molecule has 2 aromatic carbocycles. The van der Waals surface area contributed by atoms with E-state index in [-0.39, 0.29) is 0 Å². The summed E-state index contributed by atoms with van der Waals surface area (Å²) in [6, 6.07) is 18.2. The van der Waals surface area contributed by atoms with E-state index >= 15 is 0 Å². The highest BCUT2D eigenvalue weighted by molar-refractivity contribution is 5.97. The second-order valence-electron chi connectivity index (χ2n) is 6.57. The molecule has 0 amide bonds. The molecule has 0 unspecified atom stereocenters. The molecule has 7 heteroatoms. The van der Waals surface area contributed by atoms with Gasteiger partial charge in [-0.25, -0.2) is 19.9 Å². The number of aromatic nitrogens is 5. The average molecular weight is 377 g/mol. The molecule has 0 spiro atoms. The van der Waals surface area contributed by atoms with E-state index in [9.17, 15) is 5.26 Å². The summed E-state index contributed by atoms with van der Waals surface area (Å²) in [6.07, 6.45) is 4.93. The fourth-order valence-corrected chi connectivity index (χ4v) is 3.31. The third kappa shape index (κ3) is 3.13. The average Bonchev–Trinajstić information content (AvgIpc) is 3.21. The van der Waals surface area contributed by atoms with Gasteiger partial charge in [-0.2, -0.15) is 5.26 Å². The van der Waals surface area contributed by atoms with Crippen molar-refractivity contribution in [3.8, 4) is 17.3 Å². The number of nitriles is 1. The Hall–Kier alpha value is -4.31. The van der Waals surface area contributed by atoms with E-state index in [4.69, 9.17) is 0 Å². The molecule has 7 nitrogen and oxygen atoms in total. The minimum Gasteiger partial charge on any atom is -0.350 e. The van der Waals surface area contributed by atoms with Gasteiger partial charge in [0.1, 0.15) is 18.0 Å². The van der Waals surface area contributed by atoms with Gasteiger partial charge in [-0.05, 0) is 17.7 Å². The van der Waals surface area contributed by atoms with Gasteiger partial charge in [0, 0.05) is 29.9 Å². The first kappa shape index (κ1) is 16.8. The summed E-state index contributed by atoms with van der Waals surface area (Å²) < 4.78 is 0. The van der Waals surface area contributed by atoms with Crippen LogP contribution in [0.2, 0.25) is 0 Å². The first-order chi connectivity index (χ1) is 14.3. The molecule has 0 aliphatic carbocycles. The SMILES string of the molecule is N#Cc1c[nH]c2ncnc(-c3ccc4nc(NCc5ccccc5)ncc4c3)c12. The van der Waals surface area contributed by atoms with Crippen molar-refractivity contribution >= 4 is 27.9 Å². The Kier molecular flexibility index (Phi) is 4.07. The Morgan fingerprint density at radius 1 is 1.03 bits per heavy atom. The summed E-state index contributed by atoms with van der Waals surface area (Å²) in [6.45, 7) is 0.660. The number of nitrogens with zero attached hydrogens (tertiary/aromatic N) is 5. The summed E-state index contributed by atoms with van der Waals surface area (Å²) in [5, 5.41) is 14.2. The van der Waals surface area contributed by atoms with E-state index in [0.29, 0.717) is 29.4 Å². The predicted octanol–water partition coefficient (Wildman–Crippen LogP) is 4.05. The molecule has 0 saturated heterocycles. The Bertz CT molecular complexity index is 1370. The maximum absolute atomic E-state index is 9.38. The number of hydrogen-bond donors (Lipinski definition) is 2. The second kappa shape index (κ2) is 7.02. The molecule has 3 heterocycles. The van der Waals surface area contributed by atoms with Crippen molar-refractivity contribution in [1.82, 2.24) is 24.9 Å². The van der Waals surface area contributed by atoms with E-state index in [0.717, 1.165) is 21.9 Å². The number of benzene rings is 2. The van der Waals surface area contributed by atoms with Crippen molar-refractivity contribution in [3.63, 3.8) is 0 Å². The number of aromatic amines is 1. The maximum Gasteiger partial charge on any atom is 0.223 e. The lowest BCUT2D eigenvalue weighted by Crippen LogP contribution is -2.03. The molecule has 29 heavy (non-hydrogen) atoms. The molecule has 0 aliphatic heterocycles. The minimum atomic E-state index is 0.521. The summed E-state index contributed by atoms with van der Waals surface area (Å²) in [4.78, 5) is 20.7. The van der Waals surface area contributed by atoms with Crippen molar-refractivity contribution in [2.45, 2.75) is 6.54 Å². The van der Waals surface area contributed by atoms with E-state index < -0.39 is 0 Å². The fraction of sp³-hybridized carbons (Fsp3) is 0.0455. The molecule has 5 rings (SSSR count). The molecule has 0 fully saturated rings. The number of nitrogens with one attached hydrogen (secondary N) is 2. The predicted molar refractivity (Wildman–Crippen MR) is 111 cm³/mol. The van der Waals surface area contributed by atoms with Crippen LogP contribution in [-0.4, -0.2) is 24.9 Å². The van der Waals surface area contributed by atoms with Crippen LogP contribution in [0.25, 0.3) is 33.2 Å². The third-order valence-corrected chi connectivity index (χ3v) is 4.74. The molecule has 3 aromatic heterocycles. The molecule has 0 saturated carbocycles. The Morgan fingerprint density at radius 2 is 1.93 bits per heavy atom. The molecule has 5 aromatic rings. The lowest BCUT2D eigenvalue weighted by molar-refractivity contribution is 1.07. The Morgan fingerprint density at radius 3 is 2.79 bits per heavy atom. The third-order valence-electron chi connectivity index (χ3n) is 4.74. The highest BCUT2D eigenvalue weighted by Gasteiger charge is 2.13. The van der Waals surface area contributed by atoms with Gasteiger partial charge in [0.15, 0.2) is 0 Å². The monoisotopic (exact) mass is 377 g/mol. The molecular formula is C22H15N7. The van der Waals surface area contributed by atoms with Crippen LogP contribution < -0.4 is 5.32 Å². The van der Waals surface area contributed by atoms with Gasteiger partial charge in [0.05, 0.1) is 22.2 Å². The van der Waals surface area contributed by atoms with Crippen molar-refractivity contribution in [3.05, 3.63) is 78.4 Å². The topological polar surface area (TPSA) is 103 Å². The second-order valence-corrected chi connectivity index (χ2v) is 6.57. The fourth-order valence-electron chi connectivity index (χ4n) is 3.31. The van der Waals surface area contributed by atoms with Crippen LogP contribution in [0.3, 0.4) is 0 Å². The maximum atomic E-state index is 9.38. The lowest BCUT2D eigenvalue weighted by Gasteiger charge is -2.07. The zero-order chi connectivity index (χ0) is 19.6. The minimum absolute atomic E-state index is 0.521. The molecule has 0 radical (unpaired) electrons. The molecule has 0 bridgehead atoms. The lowest BCUT2D eigenvalue weighted by atomic mass is 10.0. The summed E-state index contributed by atoms with van der Waals surface area (Å²) in [5.74, 6) is 0.580. The van der Waals surface area contributed by atoms with Crippen LogP contribution in [0.5, 0.6) is 0 Å². The highest BCUT2D eigenvalue weighted by Crippen LogP contribution is 2.29. The Labute approximate surface area is 166 Å². The quantitative estimate of drug-likeness (QED) is 0.490. The summed E-state index contributed by atoms with van der Waals surface area (Å²) in [5.41, 5.74) is 4.75. The van der Waals surface area contributed by atoms with Crippen LogP contribution in [0.15, 0.2) is 67.3 Å². The molecular weight excluding hydrogens is 362 g/mol. The standard InChI is InChI=1S/C22H15N7/c23-9-17-12-24-21-19(17)20(27-13-28-21)15-6-7-18-16(8-15)11-26-22(29-18)25-10-14-4-2-1-3-5-14/h1-8,11-13H,10H2,(H,24,27,28)(H,25,26,29). The van der Waals surface area contributed by atoms with E-state index in [1.165, 1.54) is 11.9 Å². The van der Waals surface area contributed by atoms with Gasteiger partial charge in [0.2, 0.25) is 5.95 Å². The van der Waals surface area contributed by atoms with Crippen LogP contribution in [0.4, 0.5) is 5.95 Å². The van der Waals surface area contributed by atoms with Crippen LogP contribution in [0, 0.1) is 11.3 Å². The van der Waals surface area contributed by atoms with E-state index in [1.807, 2.05) is 36.4 Å². The van der Waals surface area contributed by atoms with E-state index in [1.54, 1.807) is 12.4 Å². The van der Waals surface area contributed by atoms with Crippen molar-refractivity contribution in [2.24, 2.45) is 0 Å². The summed E-state index contributed by atoms with van der Waals surface area (Å²) >= 11 is 0. The van der Waals surface area contributed by atoms with Gasteiger partial charge in [-0.1, -0.05) is 36.4 Å². The molecule has 0 atom stereocenters. The van der Waals surface area contributed by atoms with Crippen LogP contribution in [0.1, 0.15) is 11.1 Å². The van der Waals surface area contributed by atoms with Crippen LogP contribution >= 0.6 is 0 Å². The number of rotatable bonds is 4. The van der Waals surface area contributed by atoms with E-state index in [2.05, 4.69) is 48.4 Å². The molecule has 138 valence electrons. The summed E-state index contributed by atoms with van der Waals surface area (Å²) in [7, 11) is 0. The smallest absolute Gasteiger partial charge is 0.223 e. The Balaban J connectivity index is 1.49. The zero-order valence-corrected chi connectivity index (χ0v) is 15.3. The van der Waals surface area contributed by atoms with Gasteiger partial charge in [-0.15, -0.1) is 0 Å². The molecule has 2 N–H and O–H groups in total. The van der Waals surface area contributed by atoms with Crippen molar-refractivity contribution in [2.75, 3.05) is 5.32 Å². The largest absolute Gasteiger partial charge is 0.350 e. The first-order valence-corrected chi connectivity index (χ1v) is 9.09. The van der Waals surface area contributed by atoms with Gasteiger partial charge in [0.25, 0.3) is 0 Å². The molecule has 0 aliphatic rings. The van der Waals surface area contributed by atoms with Crippen molar-refractivity contribution < 1.29 is 0 Å². The van der Waals surface area contributed by atoms with Gasteiger partial charge < -0.3 is 10.3 Å².